The van der Waals surface area contributed by atoms with Gasteiger partial charge < -0.3 is 16.0 Å². The van der Waals surface area contributed by atoms with Gasteiger partial charge in [0.15, 0.2) is 0 Å². The van der Waals surface area contributed by atoms with Crippen LogP contribution in [0.1, 0.15) is 28.4 Å². The Bertz CT molecular complexity index is 1790. The molecule has 0 aliphatic carbocycles. The summed E-state index contributed by atoms with van der Waals surface area (Å²) in [7, 11) is 0. The molecular formula is C32H27N5O7S. The molecule has 13 heteroatoms. The largest absolute Gasteiger partial charge is 0.325 e. The van der Waals surface area contributed by atoms with Crippen LogP contribution in [0, 0.1) is 27.2 Å². The maximum atomic E-state index is 13.3. The summed E-state index contributed by atoms with van der Waals surface area (Å²) in [5.41, 5.74) is 1.24. The summed E-state index contributed by atoms with van der Waals surface area (Å²) in [5.74, 6) is -1.63. The van der Waals surface area contributed by atoms with Gasteiger partial charge in [-0.05, 0) is 68.0 Å². The number of benzene rings is 4. The molecule has 228 valence electrons. The van der Waals surface area contributed by atoms with Gasteiger partial charge in [0, 0.05) is 34.3 Å². The highest BCUT2D eigenvalue weighted by atomic mass is 32.2. The molecule has 0 saturated heterocycles. The number of nitro groups is 2. The SMILES string of the molecule is Cc1ccc([N+](=O)[O-])cc1NC(=O)C(C)Sc1ccc(NC(=O)/C(=C/c2ccccc2[N+](=O)[O-])NC(=O)c2ccccc2)cc1. The van der Waals surface area contributed by atoms with Gasteiger partial charge in [-0.15, -0.1) is 11.8 Å². The number of carbonyl (C=O) groups excluding carboxylic acids is 3. The molecular weight excluding hydrogens is 598 g/mol. The van der Waals surface area contributed by atoms with E-state index < -0.39 is 26.9 Å². The van der Waals surface area contributed by atoms with E-state index in [9.17, 15) is 34.6 Å². The summed E-state index contributed by atoms with van der Waals surface area (Å²) < 4.78 is 0. The number of non-ortho nitro benzene ring substituents is 1. The quantitative estimate of drug-likeness (QED) is 0.0749. The zero-order chi connectivity index (χ0) is 32.5. The van der Waals surface area contributed by atoms with Crippen LogP contribution in [-0.4, -0.2) is 32.8 Å². The predicted molar refractivity (Wildman–Crippen MR) is 172 cm³/mol. The molecule has 0 saturated carbocycles. The second-order valence-electron chi connectivity index (χ2n) is 9.68. The van der Waals surface area contributed by atoms with Crippen LogP contribution >= 0.6 is 11.8 Å². The third-order valence-electron chi connectivity index (χ3n) is 6.45. The second kappa shape index (κ2) is 14.6. The van der Waals surface area contributed by atoms with E-state index in [1.807, 2.05) is 0 Å². The first-order valence-corrected chi connectivity index (χ1v) is 14.4. The van der Waals surface area contributed by atoms with E-state index in [2.05, 4.69) is 16.0 Å². The Kier molecular flexibility index (Phi) is 10.4. The standard InChI is InChI=1S/C32H27N5O7S/c1-20-12-15-25(36(41)42)19-27(20)34-30(38)21(2)45-26-16-13-24(14-17-26)33-32(40)28(35-31(39)22-8-4-3-5-9-22)18-23-10-6-7-11-29(23)37(43)44/h3-19,21H,1-2H3,(H,33,40)(H,34,38)(H,35,39)/b28-18-. The van der Waals surface area contributed by atoms with Crippen LogP contribution < -0.4 is 16.0 Å². The number of aryl methyl sites for hydroxylation is 1. The zero-order valence-corrected chi connectivity index (χ0v) is 24.9. The number of amides is 3. The van der Waals surface area contributed by atoms with E-state index in [0.717, 1.165) is 0 Å². The van der Waals surface area contributed by atoms with Crippen LogP contribution in [-0.2, 0) is 9.59 Å². The summed E-state index contributed by atoms with van der Waals surface area (Å²) in [6, 6.07) is 24.9. The van der Waals surface area contributed by atoms with Crippen molar-refractivity contribution in [1.82, 2.24) is 5.32 Å². The van der Waals surface area contributed by atoms with Crippen molar-refractivity contribution in [1.29, 1.82) is 0 Å². The Morgan fingerprint density at radius 2 is 1.49 bits per heavy atom. The fourth-order valence-electron chi connectivity index (χ4n) is 4.04. The van der Waals surface area contributed by atoms with Crippen molar-refractivity contribution in [3.63, 3.8) is 0 Å². The molecule has 1 unspecified atom stereocenters. The number of hydrogen-bond acceptors (Lipinski definition) is 8. The average Bonchev–Trinajstić information content (AvgIpc) is 3.03. The van der Waals surface area contributed by atoms with Crippen molar-refractivity contribution in [2.75, 3.05) is 10.6 Å². The molecule has 4 rings (SSSR count). The fourth-order valence-corrected chi connectivity index (χ4v) is 4.91. The van der Waals surface area contributed by atoms with Gasteiger partial charge in [0.05, 0.1) is 26.3 Å². The van der Waals surface area contributed by atoms with Crippen LogP contribution in [0.3, 0.4) is 0 Å². The summed E-state index contributed by atoms with van der Waals surface area (Å²) in [6.07, 6.45) is 1.24. The Morgan fingerprint density at radius 3 is 2.16 bits per heavy atom. The van der Waals surface area contributed by atoms with Crippen LogP contribution in [0.5, 0.6) is 0 Å². The molecule has 12 nitrogen and oxygen atoms in total. The Balaban J connectivity index is 1.47. The molecule has 0 heterocycles. The molecule has 0 aliphatic heterocycles. The molecule has 3 N–H and O–H groups in total. The van der Waals surface area contributed by atoms with Crippen molar-refractivity contribution in [2.45, 2.75) is 24.0 Å². The van der Waals surface area contributed by atoms with Gasteiger partial charge in [0.25, 0.3) is 23.2 Å². The van der Waals surface area contributed by atoms with Crippen LogP contribution in [0.2, 0.25) is 0 Å². The molecule has 3 amide bonds. The smallest absolute Gasteiger partial charge is 0.276 e. The maximum Gasteiger partial charge on any atom is 0.276 e. The van der Waals surface area contributed by atoms with E-state index in [4.69, 9.17) is 0 Å². The molecule has 1 atom stereocenters. The number of thioether (sulfide) groups is 1. The highest BCUT2D eigenvalue weighted by Crippen LogP contribution is 2.28. The van der Waals surface area contributed by atoms with E-state index in [-0.39, 0.29) is 28.5 Å². The normalized spacial score (nSPS) is 11.6. The second-order valence-corrected chi connectivity index (χ2v) is 11.1. The average molecular weight is 626 g/mol. The number of rotatable bonds is 11. The van der Waals surface area contributed by atoms with Gasteiger partial charge >= 0.3 is 0 Å². The van der Waals surface area contributed by atoms with Crippen LogP contribution in [0.25, 0.3) is 6.08 Å². The van der Waals surface area contributed by atoms with E-state index in [1.165, 1.54) is 48.2 Å². The van der Waals surface area contributed by atoms with Crippen molar-refractivity contribution >= 4 is 58.3 Å². The van der Waals surface area contributed by atoms with Gasteiger partial charge in [-0.25, -0.2) is 0 Å². The molecule has 4 aromatic carbocycles. The molecule has 0 radical (unpaired) electrons. The van der Waals surface area contributed by atoms with Gasteiger partial charge in [0.1, 0.15) is 5.70 Å². The van der Waals surface area contributed by atoms with E-state index in [0.29, 0.717) is 27.4 Å². The van der Waals surface area contributed by atoms with Crippen molar-refractivity contribution in [3.8, 4) is 0 Å². The number of nitrogens with one attached hydrogen (secondary N) is 3. The van der Waals surface area contributed by atoms with Crippen LogP contribution in [0.15, 0.2) is 108 Å². The fraction of sp³-hybridized carbons (Fsp3) is 0.0938. The topological polar surface area (TPSA) is 174 Å². The maximum absolute atomic E-state index is 13.3. The molecule has 0 aromatic heterocycles. The van der Waals surface area contributed by atoms with Gasteiger partial charge in [-0.2, -0.15) is 0 Å². The Hall–Kier alpha value is -5.82. The molecule has 4 aromatic rings. The minimum atomic E-state index is -0.710. The number of nitrogens with zero attached hydrogens (tertiary/aromatic N) is 2. The first-order valence-electron chi connectivity index (χ1n) is 13.5. The number of anilines is 2. The third-order valence-corrected chi connectivity index (χ3v) is 7.56. The number of hydrogen-bond donors (Lipinski definition) is 3. The first-order chi connectivity index (χ1) is 21.5. The molecule has 0 spiro atoms. The number of carbonyl (C=O) groups is 3. The van der Waals surface area contributed by atoms with E-state index in [1.54, 1.807) is 80.6 Å². The van der Waals surface area contributed by atoms with Crippen molar-refractivity contribution in [3.05, 3.63) is 140 Å². The lowest BCUT2D eigenvalue weighted by Crippen LogP contribution is -2.30. The Labute approximate surface area is 261 Å². The summed E-state index contributed by atoms with van der Waals surface area (Å²) in [6.45, 7) is 3.43. The molecule has 0 fully saturated rings. The predicted octanol–water partition coefficient (Wildman–Crippen LogP) is 6.34. The lowest BCUT2D eigenvalue weighted by Gasteiger charge is -2.14. The third kappa shape index (κ3) is 8.61. The van der Waals surface area contributed by atoms with Crippen LogP contribution in [0.4, 0.5) is 22.7 Å². The Morgan fingerprint density at radius 1 is 0.822 bits per heavy atom. The summed E-state index contributed by atoms with van der Waals surface area (Å²) >= 11 is 1.24. The van der Waals surface area contributed by atoms with Crippen molar-refractivity contribution < 1.29 is 24.2 Å². The lowest BCUT2D eigenvalue weighted by molar-refractivity contribution is -0.385. The minimum absolute atomic E-state index is 0.125. The minimum Gasteiger partial charge on any atom is -0.325 e. The summed E-state index contributed by atoms with van der Waals surface area (Å²) in [4.78, 5) is 61.2. The lowest BCUT2D eigenvalue weighted by atomic mass is 10.1. The van der Waals surface area contributed by atoms with Gasteiger partial charge in [0.2, 0.25) is 5.91 Å². The molecule has 45 heavy (non-hydrogen) atoms. The van der Waals surface area contributed by atoms with Crippen molar-refractivity contribution in [2.24, 2.45) is 0 Å². The number of nitro benzene ring substituents is 2. The van der Waals surface area contributed by atoms with Gasteiger partial charge in [-0.1, -0.05) is 36.4 Å². The van der Waals surface area contributed by atoms with Gasteiger partial charge in [-0.3, -0.25) is 34.6 Å². The first kappa shape index (κ1) is 32.1. The highest BCUT2D eigenvalue weighted by molar-refractivity contribution is 8.00. The highest BCUT2D eigenvalue weighted by Gasteiger charge is 2.20. The monoisotopic (exact) mass is 625 g/mol. The van der Waals surface area contributed by atoms with E-state index >= 15 is 0 Å². The summed E-state index contributed by atoms with van der Waals surface area (Å²) in [5, 5.41) is 30.0. The molecule has 0 aliphatic rings. The zero-order valence-electron chi connectivity index (χ0n) is 24.1. The number of para-hydroxylation sites is 1. The molecule has 0 bridgehead atoms.